The molecule has 2 atom stereocenters. The summed E-state index contributed by atoms with van der Waals surface area (Å²) in [6, 6.07) is 0. The van der Waals surface area contributed by atoms with Gasteiger partial charge in [-0.15, -0.1) is 0 Å². The molecule has 1 aliphatic heterocycles. The molecule has 2 unspecified atom stereocenters. The van der Waals surface area contributed by atoms with Crippen LogP contribution in [-0.4, -0.2) is 11.7 Å². The predicted molar refractivity (Wildman–Crippen MR) is 54.7 cm³/mol. The third-order valence-electron chi connectivity index (χ3n) is 3.48. The highest BCUT2D eigenvalue weighted by Crippen LogP contribution is 2.51. The maximum absolute atomic E-state index is 5.86. The Labute approximate surface area is 81.2 Å². The van der Waals surface area contributed by atoms with Gasteiger partial charge in [-0.2, -0.15) is 0 Å². The standard InChI is InChI=1S/C12H20O/c1-3-7-10(2)12-9-6-4-5-8-11(12)13-12/h11H,2-9H2,1H3. The molecule has 0 aromatic carbocycles. The van der Waals surface area contributed by atoms with Gasteiger partial charge in [0.25, 0.3) is 0 Å². The van der Waals surface area contributed by atoms with Crippen LogP contribution in [0.2, 0.25) is 0 Å². The smallest absolute Gasteiger partial charge is 0.115 e. The lowest BCUT2D eigenvalue weighted by Crippen LogP contribution is -2.16. The van der Waals surface area contributed by atoms with Gasteiger partial charge in [0.15, 0.2) is 0 Å². The van der Waals surface area contributed by atoms with Gasteiger partial charge in [-0.3, -0.25) is 0 Å². The van der Waals surface area contributed by atoms with Crippen molar-refractivity contribution in [1.82, 2.24) is 0 Å². The van der Waals surface area contributed by atoms with Crippen molar-refractivity contribution >= 4 is 0 Å². The minimum atomic E-state index is 0.145. The minimum absolute atomic E-state index is 0.145. The monoisotopic (exact) mass is 180 g/mol. The highest BCUT2D eigenvalue weighted by atomic mass is 16.6. The first kappa shape index (κ1) is 9.26. The number of rotatable bonds is 3. The molecule has 74 valence electrons. The van der Waals surface area contributed by atoms with Crippen LogP contribution >= 0.6 is 0 Å². The van der Waals surface area contributed by atoms with E-state index in [9.17, 15) is 0 Å². The minimum Gasteiger partial charge on any atom is -0.361 e. The second-order valence-electron chi connectivity index (χ2n) is 4.45. The van der Waals surface area contributed by atoms with Crippen molar-refractivity contribution in [1.29, 1.82) is 0 Å². The first-order valence-corrected chi connectivity index (χ1v) is 5.65. The van der Waals surface area contributed by atoms with E-state index in [1.807, 2.05) is 0 Å². The van der Waals surface area contributed by atoms with Crippen molar-refractivity contribution < 1.29 is 4.74 Å². The van der Waals surface area contributed by atoms with Crippen LogP contribution in [0.3, 0.4) is 0 Å². The van der Waals surface area contributed by atoms with Crippen LogP contribution in [0.4, 0.5) is 0 Å². The molecular formula is C12H20O. The Bertz CT molecular complexity index is 209. The molecule has 13 heavy (non-hydrogen) atoms. The second kappa shape index (κ2) is 3.45. The molecule has 2 aliphatic rings. The van der Waals surface area contributed by atoms with Gasteiger partial charge in [0.2, 0.25) is 0 Å². The topological polar surface area (TPSA) is 12.5 Å². The van der Waals surface area contributed by atoms with E-state index in [4.69, 9.17) is 4.74 Å². The Morgan fingerprint density at radius 1 is 1.46 bits per heavy atom. The summed E-state index contributed by atoms with van der Waals surface area (Å²) >= 11 is 0. The van der Waals surface area contributed by atoms with Crippen molar-refractivity contribution in [3.8, 4) is 0 Å². The van der Waals surface area contributed by atoms with E-state index in [-0.39, 0.29) is 5.60 Å². The average Bonchev–Trinajstić information content (AvgIpc) is 2.77. The second-order valence-corrected chi connectivity index (χ2v) is 4.45. The number of hydrogen-bond acceptors (Lipinski definition) is 1. The highest BCUT2D eigenvalue weighted by Gasteiger charge is 2.57. The molecule has 1 saturated carbocycles. The molecule has 0 N–H and O–H groups in total. The molecule has 0 amide bonds. The fourth-order valence-corrected chi connectivity index (χ4v) is 2.63. The lowest BCUT2D eigenvalue weighted by Gasteiger charge is -2.13. The van der Waals surface area contributed by atoms with Gasteiger partial charge in [0.05, 0.1) is 6.10 Å². The molecule has 1 nitrogen and oxygen atoms in total. The van der Waals surface area contributed by atoms with Gasteiger partial charge in [-0.1, -0.05) is 39.2 Å². The summed E-state index contributed by atoms with van der Waals surface area (Å²) < 4.78 is 5.86. The zero-order valence-corrected chi connectivity index (χ0v) is 8.64. The summed E-state index contributed by atoms with van der Waals surface area (Å²) in [5.41, 5.74) is 1.51. The molecule has 0 aromatic heterocycles. The molecule has 0 bridgehead atoms. The first-order valence-electron chi connectivity index (χ1n) is 5.65. The maximum Gasteiger partial charge on any atom is 0.115 e. The lowest BCUT2D eigenvalue weighted by atomic mass is 9.89. The molecule has 1 aliphatic carbocycles. The third-order valence-corrected chi connectivity index (χ3v) is 3.48. The van der Waals surface area contributed by atoms with E-state index in [1.165, 1.54) is 44.1 Å². The van der Waals surface area contributed by atoms with E-state index >= 15 is 0 Å². The van der Waals surface area contributed by atoms with Gasteiger partial charge in [-0.05, 0) is 24.8 Å². The molecule has 1 heterocycles. The first-order chi connectivity index (χ1) is 6.29. The van der Waals surface area contributed by atoms with Gasteiger partial charge >= 0.3 is 0 Å². The lowest BCUT2D eigenvalue weighted by molar-refractivity contribution is 0.285. The SMILES string of the molecule is C=C(CCC)C12CCCCCC1O2. The highest BCUT2D eigenvalue weighted by molar-refractivity contribution is 5.25. The zero-order valence-electron chi connectivity index (χ0n) is 8.64. The number of hydrogen-bond donors (Lipinski definition) is 0. The van der Waals surface area contributed by atoms with E-state index in [2.05, 4.69) is 13.5 Å². The summed E-state index contributed by atoms with van der Waals surface area (Å²) in [4.78, 5) is 0. The Balaban J connectivity index is 2.00. The normalized spacial score (nSPS) is 37.8. The molecule has 1 saturated heterocycles. The van der Waals surface area contributed by atoms with Crippen LogP contribution in [0.1, 0.15) is 51.9 Å². The van der Waals surface area contributed by atoms with Crippen molar-refractivity contribution in [3.63, 3.8) is 0 Å². The fraction of sp³-hybridized carbons (Fsp3) is 0.833. The Morgan fingerprint density at radius 3 is 3.08 bits per heavy atom. The zero-order chi connectivity index (χ0) is 9.31. The number of epoxide rings is 1. The van der Waals surface area contributed by atoms with Crippen molar-refractivity contribution in [3.05, 3.63) is 12.2 Å². The van der Waals surface area contributed by atoms with Crippen molar-refractivity contribution in [2.75, 3.05) is 0 Å². The number of ether oxygens (including phenoxy) is 1. The van der Waals surface area contributed by atoms with Crippen molar-refractivity contribution in [2.24, 2.45) is 0 Å². The molecule has 2 fully saturated rings. The molecule has 1 heteroatoms. The van der Waals surface area contributed by atoms with Crippen LogP contribution in [0.25, 0.3) is 0 Å². The average molecular weight is 180 g/mol. The maximum atomic E-state index is 5.86. The molecule has 2 rings (SSSR count). The Morgan fingerprint density at radius 2 is 2.31 bits per heavy atom. The van der Waals surface area contributed by atoms with Crippen LogP contribution in [0, 0.1) is 0 Å². The molecule has 0 aromatic rings. The quantitative estimate of drug-likeness (QED) is 0.479. The predicted octanol–water partition coefficient (Wildman–Crippen LogP) is 3.44. The summed E-state index contributed by atoms with van der Waals surface area (Å²) in [5, 5.41) is 0. The van der Waals surface area contributed by atoms with Gasteiger partial charge in [0, 0.05) is 0 Å². The van der Waals surface area contributed by atoms with Gasteiger partial charge < -0.3 is 4.74 Å². The Kier molecular flexibility index (Phi) is 2.46. The van der Waals surface area contributed by atoms with Crippen LogP contribution in [0.5, 0.6) is 0 Å². The third kappa shape index (κ3) is 1.54. The van der Waals surface area contributed by atoms with Gasteiger partial charge in [0.1, 0.15) is 5.60 Å². The van der Waals surface area contributed by atoms with E-state index in [0.29, 0.717) is 6.10 Å². The largest absolute Gasteiger partial charge is 0.361 e. The van der Waals surface area contributed by atoms with Crippen LogP contribution in [-0.2, 0) is 4.74 Å². The summed E-state index contributed by atoms with van der Waals surface area (Å²) in [6.07, 6.45) is 9.47. The van der Waals surface area contributed by atoms with E-state index in [1.54, 1.807) is 0 Å². The van der Waals surface area contributed by atoms with Gasteiger partial charge in [-0.25, -0.2) is 0 Å². The summed E-state index contributed by atoms with van der Waals surface area (Å²) in [7, 11) is 0. The summed E-state index contributed by atoms with van der Waals surface area (Å²) in [5.74, 6) is 0. The molecule has 0 spiro atoms. The van der Waals surface area contributed by atoms with Crippen LogP contribution in [0.15, 0.2) is 12.2 Å². The van der Waals surface area contributed by atoms with Crippen molar-refractivity contribution in [2.45, 2.75) is 63.6 Å². The fourth-order valence-electron chi connectivity index (χ4n) is 2.63. The Hall–Kier alpha value is -0.300. The van der Waals surface area contributed by atoms with Crippen LogP contribution < -0.4 is 0 Å². The summed E-state index contributed by atoms with van der Waals surface area (Å²) in [6.45, 7) is 6.42. The number of fused-ring (bicyclic) bond motifs is 1. The van der Waals surface area contributed by atoms with E-state index in [0.717, 1.165) is 6.42 Å². The molecule has 0 radical (unpaired) electrons. The molecular weight excluding hydrogens is 160 g/mol. The van der Waals surface area contributed by atoms with E-state index < -0.39 is 0 Å².